The summed E-state index contributed by atoms with van der Waals surface area (Å²) in [6, 6.07) is 2.31. The van der Waals surface area contributed by atoms with E-state index >= 15 is 0 Å². The summed E-state index contributed by atoms with van der Waals surface area (Å²) < 4.78 is 27.1. The minimum Gasteiger partial charge on any atom is -0.388 e. The van der Waals surface area contributed by atoms with E-state index in [1.807, 2.05) is 0 Å². The van der Waals surface area contributed by atoms with Crippen molar-refractivity contribution in [1.82, 2.24) is 5.32 Å². The van der Waals surface area contributed by atoms with Crippen molar-refractivity contribution in [3.8, 4) is 0 Å². The molecule has 0 aliphatic heterocycles. The van der Waals surface area contributed by atoms with Crippen LogP contribution in [0, 0.1) is 18.6 Å². The first-order valence-electron chi connectivity index (χ1n) is 5.73. The Morgan fingerprint density at radius 3 is 2.61 bits per heavy atom. The second kappa shape index (κ2) is 5.44. The molecule has 0 aromatic heterocycles. The lowest BCUT2D eigenvalue weighted by Gasteiger charge is -2.21. The first-order valence-corrected chi connectivity index (χ1v) is 5.73. The van der Waals surface area contributed by atoms with E-state index in [4.69, 9.17) is 0 Å². The lowest BCUT2D eigenvalue weighted by molar-refractivity contribution is 0.0516. The summed E-state index contributed by atoms with van der Waals surface area (Å²) in [6.07, 6.45) is 0.423. The van der Waals surface area contributed by atoms with Gasteiger partial charge >= 0.3 is 0 Å². The second-order valence-electron chi connectivity index (χ2n) is 4.59. The van der Waals surface area contributed by atoms with Crippen molar-refractivity contribution < 1.29 is 18.7 Å². The topological polar surface area (TPSA) is 49.3 Å². The molecule has 0 saturated heterocycles. The molecule has 1 rings (SSSR count). The van der Waals surface area contributed by atoms with Crippen molar-refractivity contribution in [2.45, 2.75) is 32.8 Å². The van der Waals surface area contributed by atoms with Gasteiger partial charge in [-0.05, 0) is 31.9 Å². The van der Waals surface area contributed by atoms with Gasteiger partial charge in [0.25, 0.3) is 5.91 Å². The van der Waals surface area contributed by atoms with Gasteiger partial charge in [0, 0.05) is 6.54 Å². The van der Waals surface area contributed by atoms with Crippen LogP contribution in [0.25, 0.3) is 0 Å². The van der Waals surface area contributed by atoms with Crippen LogP contribution in [0.4, 0.5) is 8.78 Å². The van der Waals surface area contributed by atoms with Gasteiger partial charge in [0.1, 0.15) is 17.2 Å². The maximum Gasteiger partial charge on any atom is 0.257 e. The number of rotatable bonds is 4. The summed E-state index contributed by atoms with van der Waals surface area (Å²) in [4.78, 5) is 11.7. The lowest BCUT2D eigenvalue weighted by Crippen LogP contribution is -2.40. The fourth-order valence-electron chi connectivity index (χ4n) is 1.35. The third kappa shape index (κ3) is 3.26. The number of aliphatic hydroxyl groups is 1. The van der Waals surface area contributed by atoms with E-state index in [-0.39, 0.29) is 12.1 Å². The van der Waals surface area contributed by atoms with Crippen LogP contribution in [-0.2, 0) is 0 Å². The van der Waals surface area contributed by atoms with Gasteiger partial charge in [0.05, 0.1) is 5.60 Å². The summed E-state index contributed by atoms with van der Waals surface area (Å²) in [5.74, 6) is -2.64. The summed E-state index contributed by atoms with van der Waals surface area (Å²) in [5.41, 5.74) is -1.50. The molecule has 1 amide bonds. The minimum atomic E-state index is -1.09. The van der Waals surface area contributed by atoms with E-state index in [0.717, 1.165) is 6.07 Å². The second-order valence-corrected chi connectivity index (χ2v) is 4.59. The van der Waals surface area contributed by atoms with Gasteiger partial charge in [-0.15, -0.1) is 0 Å². The normalized spacial score (nSPS) is 14.1. The Balaban J connectivity index is 2.89. The van der Waals surface area contributed by atoms with E-state index in [1.54, 1.807) is 6.92 Å². The van der Waals surface area contributed by atoms with E-state index in [1.165, 1.54) is 19.9 Å². The summed E-state index contributed by atoms with van der Waals surface area (Å²) in [6.45, 7) is 4.68. The number of nitrogens with one attached hydrogen (secondary N) is 1. The third-order valence-corrected chi connectivity index (χ3v) is 2.90. The van der Waals surface area contributed by atoms with Crippen molar-refractivity contribution >= 4 is 5.91 Å². The molecular weight excluding hydrogens is 240 g/mol. The first kappa shape index (κ1) is 14.6. The SMILES string of the molecule is CCC(C)(O)CNC(=O)c1c(F)ccc(C)c1F. The predicted octanol–water partition coefficient (Wildman–Crippen LogP) is 2.16. The Morgan fingerprint density at radius 2 is 2.06 bits per heavy atom. The minimum absolute atomic E-state index is 0.0604. The van der Waals surface area contributed by atoms with Crippen LogP contribution in [-0.4, -0.2) is 23.2 Å². The summed E-state index contributed by atoms with van der Waals surface area (Å²) in [5, 5.41) is 12.0. The van der Waals surface area contributed by atoms with E-state index in [2.05, 4.69) is 5.32 Å². The van der Waals surface area contributed by atoms with Gasteiger partial charge in [0.15, 0.2) is 0 Å². The standard InChI is InChI=1S/C13H17F2NO2/c1-4-13(3,18)7-16-12(17)10-9(14)6-5-8(2)11(10)15/h5-6,18H,4,7H2,1-3H3,(H,16,17). The number of aryl methyl sites for hydroxylation is 1. The highest BCUT2D eigenvalue weighted by Crippen LogP contribution is 2.16. The van der Waals surface area contributed by atoms with Crippen LogP contribution < -0.4 is 5.32 Å². The molecule has 0 aliphatic rings. The zero-order valence-corrected chi connectivity index (χ0v) is 10.7. The smallest absolute Gasteiger partial charge is 0.257 e. The molecule has 2 N–H and O–H groups in total. The van der Waals surface area contributed by atoms with Gasteiger partial charge < -0.3 is 10.4 Å². The number of hydrogen-bond acceptors (Lipinski definition) is 2. The molecule has 1 aromatic rings. The van der Waals surface area contributed by atoms with Gasteiger partial charge in [-0.2, -0.15) is 0 Å². The summed E-state index contributed by atoms with van der Waals surface area (Å²) >= 11 is 0. The molecule has 0 radical (unpaired) electrons. The Labute approximate surface area is 105 Å². The zero-order chi connectivity index (χ0) is 13.9. The Morgan fingerprint density at radius 1 is 1.44 bits per heavy atom. The molecule has 0 fully saturated rings. The van der Waals surface area contributed by atoms with Crippen molar-refractivity contribution in [2.24, 2.45) is 0 Å². The molecule has 1 unspecified atom stereocenters. The Hall–Kier alpha value is -1.49. The van der Waals surface area contributed by atoms with Gasteiger partial charge in [-0.3, -0.25) is 4.79 Å². The van der Waals surface area contributed by atoms with Crippen LogP contribution in [0.15, 0.2) is 12.1 Å². The van der Waals surface area contributed by atoms with Crippen LogP contribution >= 0.6 is 0 Å². The number of benzene rings is 1. The van der Waals surface area contributed by atoms with Gasteiger partial charge in [0.2, 0.25) is 0 Å². The molecule has 0 heterocycles. The largest absolute Gasteiger partial charge is 0.388 e. The van der Waals surface area contributed by atoms with Gasteiger partial charge in [-0.25, -0.2) is 8.78 Å². The van der Waals surface area contributed by atoms with E-state index in [9.17, 15) is 18.7 Å². The molecule has 3 nitrogen and oxygen atoms in total. The number of carbonyl (C=O) groups is 1. The maximum atomic E-state index is 13.7. The Kier molecular flexibility index (Phi) is 4.40. The number of amides is 1. The fourth-order valence-corrected chi connectivity index (χ4v) is 1.35. The Bertz CT molecular complexity index is 459. The van der Waals surface area contributed by atoms with Crippen LogP contribution in [0.1, 0.15) is 36.2 Å². The maximum absolute atomic E-state index is 13.7. The summed E-state index contributed by atoms with van der Waals surface area (Å²) in [7, 11) is 0. The molecule has 0 bridgehead atoms. The van der Waals surface area contributed by atoms with E-state index in [0.29, 0.717) is 6.42 Å². The van der Waals surface area contributed by atoms with Crippen LogP contribution in [0.3, 0.4) is 0 Å². The van der Waals surface area contributed by atoms with Crippen molar-refractivity contribution in [3.05, 3.63) is 34.9 Å². The first-order chi connectivity index (χ1) is 8.28. The third-order valence-electron chi connectivity index (χ3n) is 2.90. The van der Waals surface area contributed by atoms with Crippen molar-refractivity contribution in [2.75, 3.05) is 6.54 Å². The molecule has 18 heavy (non-hydrogen) atoms. The number of hydrogen-bond donors (Lipinski definition) is 2. The number of carbonyl (C=O) groups excluding carboxylic acids is 1. The lowest BCUT2D eigenvalue weighted by atomic mass is 10.0. The molecule has 0 spiro atoms. The molecule has 5 heteroatoms. The molecule has 100 valence electrons. The van der Waals surface area contributed by atoms with Crippen LogP contribution in [0.2, 0.25) is 0 Å². The molecule has 0 aliphatic carbocycles. The van der Waals surface area contributed by atoms with Crippen molar-refractivity contribution in [1.29, 1.82) is 0 Å². The predicted molar refractivity (Wildman–Crippen MR) is 64.3 cm³/mol. The molecule has 1 atom stereocenters. The monoisotopic (exact) mass is 257 g/mol. The van der Waals surface area contributed by atoms with Gasteiger partial charge in [-0.1, -0.05) is 13.0 Å². The fraction of sp³-hybridized carbons (Fsp3) is 0.462. The molecular formula is C13H17F2NO2. The molecule has 0 saturated carbocycles. The molecule has 1 aromatic carbocycles. The quantitative estimate of drug-likeness (QED) is 0.868. The van der Waals surface area contributed by atoms with E-state index < -0.39 is 28.7 Å². The highest BCUT2D eigenvalue weighted by atomic mass is 19.1. The highest BCUT2D eigenvalue weighted by Gasteiger charge is 2.23. The van der Waals surface area contributed by atoms with Crippen LogP contribution in [0.5, 0.6) is 0 Å². The van der Waals surface area contributed by atoms with Crippen molar-refractivity contribution in [3.63, 3.8) is 0 Å². The highest BCUT2D eigenvalue weighted by molar-refractivity contribution is 5.95. The average Bonchev–Trinajstić information content (AvgIpc) is 2.32. The zero-order valence-electron chi connectivity index (χ0n) is 10.7. The number of halogens is 2. The average molecular weight is 257 g/mol.